The van der Waals surface area contributed by atoms with Crippen molar-refractivity contribution < 1.29 is 29.0 Å². The number of halogens is 4. The van der Waals surface area contributed by atoms with E-state index < -0.39 is 23.7 Å². The van der Waals surface area contributed by atoms with Crippen LogP contribution < -0.4 is 4.74 Å². The van der Waals surface area contributed by atoms with Crippen molar-refractivity contribution in [3.05, 3.63) is 55.5 Å². The van der Waals surface area contributed by atoms with Gasteiger partial charge in [-0.2, -0.15) is 0 Å². The number of esters is 3. The SMILES string of the molecule is CC(=O)Oc1c(Cl)cc(C(=O)OC(=O)c2cc(Cl)c(O)c(Cl)c2)cc1Cl. The molecule has 136 valence electrons. The molecule has 0 saturated carbocycles. The lowest BCUT2D eigenvalue weighted by molar-refractivity contribution is -0.131. The summed E-state index contributed by atoms with van der Waals surface area (Å²) in [4.78, 5) is 35.2. The highest BCUT2D eigenvalue weighted by Crippen LogP contribution is 2.35. The summed E-state index contributed by atoms with van der Waals surface area (Å²) in [5, 5.41) is 8.86. The molecule has 0 aliphatic heterocycles. The minimum absolute atomic E-state index is 0.122. The van der Waals surface area contributed by atoms with Gasteiger partial charge in [-0.25, -0.2) is 9.59 Å². The fourth-order valence-corrected chi connectivity index (χ4v) is 2.86. The summed E-state index contributed by atoms with van der Waals surface area (Å²) in [6.45, 7) is 1.15. The molecule has 0 radical (unpaired) electrons. The second-order valence-electron chi connectivity index (χ2n) is 4.83. The molecule has 0 bridgehead atoms. The van der Waals surface area contributed by atoms with Crippen molar-refractivity contribution in [2.75, 3.05) is 0 Å². The molecule has 0 unspecified atom stereocenters. The van der Waals surface area contributed by atoms with Gasteiger partial charge in [0.25, 0.3) is 0 Å². The Kier molecular flexibility index (Phi) is 6.36. The number of rotatable bonds is 3. The Morgan fingerprint density at radius 1 is 0.808 bits per heavy atom. The van der Waals surface area contributed by atoms with Crippen LogP contribution in [0.2, 0.25) is 20.1 Å². The Morgan fingerprint density at radius 2 is 1.19 bits per heavy atom. The normalized spacial score (nSPS) is 10.3. The highest BCUT2D eigenvalue weighted by Gasteiger charge is 2.21. The first-order valence-corrected chi connectivity index (χ1v) is 8.23. The first-order chi connectivity index (χ1) is 12.1. The second-order valence-corrected chi connectivity index (χ2v) is 6.46. The number of hydrogen-bond acceptors (Lipinski definition) is 6. The number of carbonyl (C=O) groups excluding carboxylic acids is 3. The van der Waals surface area contributed by atoms with Crippen molar-refractivity contribution in [2.24, 2.45) is 0 Å². The maximum Gasteiger partial charge on any atom is 0.346 e. The van der Waals surface area contributed by atoms with Gasteiger partial charge in [0.15, 0.2) is 11.5 Å². The van der Waals surface area contributed by atoms with Crippen LogP contribution in [-0.2, 0) is 9.53 Å². The lowest BCUT2D eigenvalue weighted by atomic mass is 10.2. The number of carbonyl (C=O) groups is 3. The van der Waals surface area contributed by atoms with E-state index >= 15 is 0 Å². The van der Waals surface area contributed by atoms with E-state index in [9.17, 15) is 19.5 Å². The van der Waals surface area contributed by atoms with Crippen LogP contribution in [0.3, 0.4) is 0 Å². The number of phenols is 1. The van der Waals surface area contributed by atoms with Gasteiger partial charge in [-0.3, -0.25) is 4.79 Å². The largest absolute Gasteiger partial charge is 0.505 e. The highest BCUT2D eigenvalue weighted by molar-refractivity contribution is 6.38. The van der Waals surface area contributed by atoms with Crippen LogP contribution in [0.4, 0.5) is 0 Å². The van der Waals surface area contributed by atoms with Crippen molar-refractivity contribution in [3.63, 3.8) is 0 Å². The van der Waals surface area contributed by atoms with Gasteiger partial charge in [0.2, 0.25) is 0 Å². The second kappa shape index (κ2) is 8.14. The number of benzene rings is 2. The summed E-state index contributed by atoms with van der Waals surface area (Å²) >= 11 is 23.3. The molecule has 0 heterocycles. The minimum Gasteiger partial charge on any atom is -0.505 e. The van der Waals surface area contributed by atoms with Crippen molar-refractivity contribution in [3.8, 4) is 11.5 Å². The van der Waals surface area contributed by atoms with E-state index in [-0.39, 0.29) is 37.0 Å². The smallest absolute Gasteiger partial charge is 0.346 e. The summed E-state index contributed by atoms with van der Waals surface area (Å²) in [5.74, 6) is -3.30. The maximum absolute atomic E-state index is 12.1. The Balaban J connectivity index is 2.25. The van der Waals surface area contributed by atoms with Crippen molar-refractivity contribution >= 4 is 64.3 Å². The molecule has 0 aliphatic rings. The Hall–Kier alpha value is -1.99. The summed E-state index contributed by atoms with van der Waals surface area (Å²) in [6, 6.07) is 4.42. The number of hydrogen-bond donors (Lipinski definition) is 1. The lowest BCUT2D eigenvalue weighted by Gasteiger charge is -2.09. The van der Waals surface area contributed by atoms with Crippen LogP contribution in [0.25, 0.3) is 0 Å². The Bertz CT molecular complexity index is 879. The molecule has 0 saturated heterocycles. The first kappa shape index (κ1) is 20.3. The molecule has 26 heavy (non-hydrogen) atoms. The van der Waals surface area contributed by atoms with Crippen LogP contribution in [-0.4, -0.2) is 23.0 Å². The first-order valence-electron chi connectivity index (χ1n) is 6.72. The van der Waals surface area contributed by atoms with Crippen LogP contribution in [0.1, 0.15) is 27.6 Å². The van der Waals surface area contributed by atoms with Crippen LogP contribution in [0.15, 0.2) is 24.3 Å². The van der Waals surface area contributed by atoms with Crippen molar-refractivity contribution in [1.82, 2.24) is 0 Å². The third kappa shape index (κ3) is 4.59. The Labute approximate surface area is 167 Å². The summed E-state index contributed by atoms with van der Waals surface area (Å²) in [6.07, 6.45) is 0. The van der Waals surface area contributed by atoms with Gasteiger partial charge >= 0.3 is 17.9 Å². The molecule has 0 aromatic heterocycles. The zero-order valence-corrected chi connectivity index (χ0v) is 15.8. The quantitative estimate of drug-likeness (QED) is 0.416. The van der Waals surface area contributed by atoms with E-state index in [2.05, 4.69) is 0 Å². The monoisotopic (exact) mass is 436 g/mol. The van der Waals surface area contributed by atoms with Gasteiger partial charge in [0.05, 0.1) is 31.2 Å². The van der Waals surface area contributed by atoms with Crippen LogP contribution in [0, 0.1) is 0 Å². The van der Waals surface area contributed by atoms with Gasteiger partial charge in [-0.05, 0) is 24.3 Å². The third-order valence-corrected chi connectivity index (χ3v) is 4.06. The topological polar surface area (TPSA) is 89.9 Å². The van der Waals surface area contributed by atoms with Crippen molar-refractivity contribution in [2.45, 2.75) is 6.92 Å². The van der Waals surface area contributed by atoms with Crippen LogP contribution in [0.5, 0.6) is 11.5 Å². The zero-order valence-electron chi connectivity index (χ0n) is 12.8. The van der Waals surface area contributed by atoms with Gasteiger partial charge in [0.1, 0.15) is 0 Å². The third-order valence-electron chi connectivity index (χ3n) is 2.92. The van der Waals surface area contributed by atoms with Gasteiger partial charge in [-0.1, -0.05) is 46.4 Å². The molecule has 2 aromatic carbocycles. The zero-order chi connectivity index (χ0) is 19.6. The Morgan fingerprint density at radius 3 is 1.58 bits per heavy atom. The molecule has 0 fully saturated rings. The molecule has 0 aliphatic carbocycles. The van der Waals surface area contributed by atoms with Gasteiger partial charge < -0.3 is 14.6 Å². The summed E-state index contributed by atoms with van der Waals surface area (Å²) < 4.78 is 9.53. The highest BCUT2D eigenvalue weighted by atomic mass is 35.5. The van der Waals surface area contributed by atoms with Gasteiger partial charge in [-0.15, -0.1) is 0 Å². The standard InChI is InChI=1S/C16H8Cl4O6/c1-6(21)25-14-11(19)4-8(5-12(14)20)16(24)26-15(23)7-2-9(17)13(22)10(18)3-7/h2-5,22H,1H3. The van der Waals surface area contributed by atoms with E-state index in [0.717, 1.165) is 31.2 Å². The number of phenolic OH excluding ortho intramolecular Hbond substituents is 1. The molecule has 0 spiro atoms. The van der Waals surface area contributed by atoms with E-state index in [1.165, 1.54) is 0 Å². The lowest BCUT2D eigenvalue weighted by Crippen LogP contribution is -2.13. The average molecular weight is 438 g/mol. The summed E-state index contributed by atoms with van der Waals surface area (Å²) in [5.41, 5.74) is -0.305. The molecule has 0 atom stereocenters. The fraction of sp³-hybridized carbons (Fsp3) is 0.0625. The van der Waals surface area contributed by atoms with E-state index in [1.807, 2.05) is 0 Å². The molecule has 0 amide bonds. The number of ether oxygens (including phenoxy) is 2. The maximum atomic E-state index is 12.1. The molecular weight excluding hydrogens is 430 g/mol. The fourth-order valence-electron chi connectivity index (χ4n) is 1.80. The molecule has 2 rings (SSSR count). The molecule has 10 heteroatoms. The predicted molar refractivity (Wildman–Crippen MR) is 95.6 cm³/mol. The molecule has 1 N–H and O–H groups in total. The van der Waals surface area contributed by atoms with E-state index in [1.54, 1.807) is 0 Å². The number of aromatic hydroxyl groups is 1. The van der Waals surface area contributed by atoms with Crippen LogP contribution >= 0.6 is 46.4 Å². The van der Waals surface area contributed by atoms with E-state index in [4.69, 9.17) is 55.9 Å². The van der Waals surface area contributed by atoms with E-state index in [0.29, 0.717) is 0 Å². The van der Waals surface area contributed by atoms with Crippen molar-refractivity contribution in [1.29, 1.82) is 0 Å². The average Bonchev–Trinajstić information content (AvgIpc) is 2.54. The molecule has 2 aromatic rings. The molecular formula is C16H8Cl4O6. The predicted octanol–water partition coefficient (Wildman–Crippen LogP) is 4.93. The minimum atomic E-state index is -1.06. The van der Waals surface area contributed by atoms with Gasteiger partial charge in [0, 0.05) is 6.92 Å². The summed E-state index contributed by atoms with van der Waals surface area (Å²) in [7, 11) is 0. The molecule has 6 nitrogen and oxygen atoms in total.